The van der Waals surface area contributed by atoms with Gasteiger partial charge in [0.05, 0.1) is 37.6 Å². The maximum absolute atomic E-state index is 12.3. The second-order valence-electron chi connectivity index (χ2n) is 5.89. The zero-order valence-electron chi connectivity index (χ0n) is 15.4. The monoisotopic (exact) mass is 381 g/mol. The third-order valence-corrected chi connectivity index (χ3v) is 4.04. The van der Waals surface area contributed by atoms with Crippen molar-refractivity contribution in [1.29, 1.82) is 0 Å². The first-order chi connectivity index (χ1) is 13.5. The highest BCUT2D eigenvalue weighted by Crippen LogP contribution is 2.32. The van der Waals surface area contributed by atoms with Crippen molar-refractivity contribution in [3.05, 3.63) is 59.8 Å². The van der Waals surface area contributed by atoms with E-state index in [-0.39, 0.29) is 17.9 Å². The molecule has 0 bridgehead atoms. The summed E-state index contributed by atoms with van der Waals surface area (Å²) >= 11 is 0. The molecule has 0 aliphatic carbocycles. The highest BCUT2D eigenvalue weighted by atomic mass is 16.5. The van der Waals surface area contributed by atoms with Gasteiger partial charge in [0, 0.05) is 11.6 Å². The minimum absolute atomic E-state index is 0.0239. The third kappa shape index (κ3) is 4.12. The molecule has 0 unspecified atom stereocenters. The number of hydrogen-bond acceptors (Lipinski definition) is 6. The molecule has 0 saturated heterocycles. The molecule has 2 aromatic carbocycles. The van der Waals surface area contributed by atoms with Crippen molar-refractivity contribution >= 4 is 17.5 Å². The SMILES string of the molecule is COc1ccc(-c2cc(CC(=O)Nc3ccccc3C(N)=O)no2)cc1OC. The number of carbonyl (C=O) groups is 2. The molecule has 0 saturated carbocycles. The van der Waals surface area contributed by atoms with Gasteiger partial charge in [-0.15, -0.1) is 0 Å². The van der Waals surface area contributed by atoms with Gasteiger partial charge in [-0.1, -0.05) is 17.3 Å². The van der Waals surface area contributed by atoms with Crippen LogP contribution in [-0.2, 0) is 11.2 Å². The Balaban J connectivity index is 1.73. The summed E-state index contributed by atoms with van der Waals surface area (Å²) in [5.74, 6) is 0.674. The smallest absolute Gasteiger partial charge is 0.250 e. The summed E-state index contributed by atoms with van der Waals surface area (Å²) in [6.07, 6.45) is -0.0239. The van der Waals surface area contributed by atoms with Crippen molar-refractivity contribution in [2.24, 2.45) is 5.73 Å². The summed E-state index contributed by atoms with van der Waals surface area (Å²) in [4.78, 5) is 23.7. The Morgan fingerprint density at radius 2 is 1.82 bits per heavy atom. The predicted octanol–water partition coefficient (Wildman–Crippen LogP) is 2.64. The number of benzene rings is 2. The highest BCUT2D eigenvalue weighted by molar-refractivity contribution is 6.03. The molecular formula is C20H19N3O5. The summed E-state index contributed by atoms with van der Waals surface area (Å²) in [5, 5.41) is 6.59. The summed E-state index contributed by atoms with van der Waals surface area (Å²) in [6, 6.07) is 13.5. The molecule has 8 nitrogen and oxygen atoms in total. The summed E-state index contributed by atoms with van der Waals surface area (Å²) in [5.41, 5.74) is 7.08. The maximum atomic E-state index is 12.3. The molecule has 3 N–H and O–H groups in total. The van der Waals surface area contributed by atoms with Gasteiger partial charge in [-0.25, -0.2) is 0 Å². The van der Waals surface area contributed by atoms with Crippen molar-refractivity contribution in [2.75, 3.05) is 19.5 Å². The summed E-state index contributed by atoms with van der Waals surface area (Å²) < 4.78 is 15.8. The second kappa shape index (κ2) is 8.26. The Morgan fingerprint density at radius 3 is 2.54 bits per heavy atom. The van der Waals surface area contributed by atoms with Gasteiger partial charge in [0.1, 0.15) is 0 Å². The van der Waals surface area contributed by atoms with E-state index in [0.29, 0.717) is 28.6 Å². The predicted molar refractivity (Wildman–Crippen MR) is 102 cm³/mol. The van der Waals surface area contributed by atoms with Crippen LogP contribution in [-0.4, -0.2) is 31.2 Å². The van der Waals surface area contributed by atoms with E-state index in [1.807, 2.05) is 0 Å². The largest absolute Gasteiger partial charge is 0.493 e. The van der Waals surface area contributed by atoms with Gasteiger partial charge in [0.15, 0.2) is 17.3 Å². The number of ether oxygens (including phenoxy) is 2. The number of para-hydroxylation sites is 1. The average molecular weight is 381 g/mol. The Kier molecular flexibility index (Phi) is 5.59. The number of anilines is 1. The Hall–Kier alpha value is -3.81. The molecule has 8 heteroatoms. The van der Waals surface area contributed by atoms with E-state index < -0.39 is 5.91 Å². The molecule has 0 spiro atoms. The number of nitrogens with two attached hydrogens (primary N) is 1. The van der Waals surface area contributed by atoms with E-state index in [1.54, 1.807) is 62.8 Å². The average Bonchev–Trinajstić information content (AvgIpc) is 3.15. The lowest BCUT2D eigenvalue weighted by molar-refractivity contribution is -0.115. The molecular weight excluding hydrogens is 362 g/mol. The van der Waals surface area contributed by atoms with Gasteiger partial charge in [0.25, 0.3) is 5.91 Å². The lowest BCUT2D eigenvalue weighted by atomic mass is 10.1. The summed E-state index contributed by atoms with van der Waals surface area (Å²) in [6.45, 7) is 0. The van der Waals surface area contributed by atoms with Crippen LogP contribution in [0.1, 0.15) is 16.1 Å². The maximum Gasteiger partial charge on any atom is 0.250 e. The number of methoxy groups -OCH3 is 2. The number of nitrogens with zero attached hydrogens (tertiary/aromatic N) is 1. The number of hydrogen-bond donors (Lipinski definition) is 2. The van der Waals surface area contributed by atoms with E-state index in [4.69, 9.17) is 19.7 Å². The van der Waals surface area contributed by atoms with Gasteiger partial charge in [-0.2, -0.15) is 0 Å². The zero-order valence-corrected chi connectivity index (χ0v) is 15.4. The number of aromatic nitrogens is 1. The minimum atomic E-state index is -0.618. The van der Waals surface area contributed by atoms with Gasteiger partial charge < -0.3 is 25.0 Å². The van der Waals surface area contributed by atoms with Crippen LogP contribution >= 0.6 is 0 Å². The molecule has 1 heterocycles. The number of nitrogens with one attached hydrogen (secondary N) is 1. The minimum Gasteiger partial charge on any atom is -0.493 e. The first kappa shape index (κ1) is 19.0. The standard InChI is InChI=1S/C20H19N3O5/c1-26-16-8-7-12(9-18(16)27-2)17-10-13(23-28-17)11-19(24)22-15-6-4-3-5-14(15)20(21)25/h3-10H,11H2,1-2H3,(H2,21,25)(H,22,24). The molecule has 0 fully saturated rings. The second-order valence-corrected chi connectivity index (χ2v) is 5.89. The molecule has 0 aliphatic rings. The van der Waals surface area contributed by atoms with E-state index in [9.17, 15) is 9.59 Å². The molecule has 0 radical (unpaired) electrons. The first-order valence-corrected chi connectivity index (χ1v) is 8.38. The molecule has 1 aromatic heterocycles. The topological polar surface area (TPSA) is 117 Å². The van der Waals surface area contributed by atoms with Crippen LogP contribution < -0.4 is 20.5 Å². The quantitative estimate of drug-likeness (QED) is 0.650. The van der Waals surface area contributed by atoms with Crippen LogP contribution in [0.3, 0.4) is 0 Å². The van der Waals surface area contributed by atoms with Gasteiger partial charge in [-0.05, 0) is 30.3 Å². The molecule has 3 aromatic rings. The van der Waals surface area contributed by atoms with Crippen molar-refractivity contribution in [3.8, 4) is 22.8 Å². The van der Waals surface area contributed by atoms with E-state index in [0.717, 1.165) is 5.56 Å². The lowest BCUT2D eigenvalue weighted by Crippen LogP contribution is -2.19. The highest BCUT2D eigenvalue weighted by Gasteiger charge is 2.15. The fourth-order valence-corrected chi connectivity index (χ4v) is 2.69. The molecule has 0 atom stereocenters. The van der Waals surface area contributed by atoms with E-state index in [2.05, 4.69) is 10.5 Å². The Labute approximate surface area is 161 Å². The fraction of sp³-hybridized carbons (Fsp3) is 0.150. The Bertz CT molecular complexity index is 1010. The molecule has 2 amide bonds. The number of amides is 2. The molecule has 144 valence electrons. The fourth-order valence-electron chi connectivity index (χ4n) is 2.69. The number of primary amides is 1. The van der Waals surface area contributed by atoms with Gasteiger partial charge >= 0.3 is 0 Å². The molecule has 3 rings (SSSR count). The van der Waals surface area contributed by atoms with Crippen LogP contribution in [0.25, 0.3) is 11.3 Å². The van der Waals surface area contributed by atoms with Crippen molar-refractivity contribution in [1.82, 2.24) is 5.16 Å². The van der Waals surface area contributed by atoms with Crippen molar-refractivity contribution in [2.45, 2.75) is 6.42 Å². The Morgan fingerprint density at radius 1 is 1.07 bits per heavy atom. The first-order valence-electron chi connectivity index (χ1n) is 8.38. The van der Waals surface area contributed by atoms with Gasteiger partial charge in [-0.3, -0.25) is 9.59 Å². The number of carbonyl (C=O) groups excluding carboxylic acids is 2. The van der Waals surface area contributed by atoms with Crippen molar-refractivity contribution in [3.63, 3.8) is 0 Å². The third-order valence-electron chi connectivity index (χ3n) is 4.04. The van der Waals surface area contributed by atoms with Crippen LogP contribution in [0, 0.1) is 0 Å². The van der Waals surface area contributed by atoms with E-state index >= 15 is 0 Å². The molecule has 0 aliphatic heterocycles. The molecule has 28 heavy (non-hydrogen) atoms. The van der Waals surface area contributed by atoms with Crippen molar-refractivity contribution < 1.29 is 23.6 Å². The summed E-state index contributed by atoms with van der Waals surface area (Å²) in [7, 11) is 3.10. The zero-order chi connectivity index (χ0) is 20.1. The normalized spacial score (nSPS) is 10.4. The van der Waals surface area contributed by atoms with E-state index in [1.165, 1.54) is 0 Å². The van der Waals surface area contributed by atoms with Crippen LogP contribution in [0.5, 0.6) is 11.5 Å². The van der Waals surface area contributed by atoms with Crippen LogP contribution in [0.2, 0.25) is 0 Å². The van der Waals surface area contributed by atoms with Gasteiger partial charge in [0.2, 0.25) is 5.91 Å². The van der Waals surface area contributed by atoms with Crippen LogP contribution in [0.4, 0.5) is 5.69 Å². The van der Waals surface area contributed by atoms with Crippen LogP contribution in [0.15, 0.2) is 53.1 Å². The lowest BCUT2D eigenvalue weighted by Gasteiger charge is -2.08. The number of rotatable bonds is 7.